The fourth-order valence-corrected chi connectivity index (χ4v) is 6.29. The van der Waals surface area contributed by atoms with Crippen LogP contribution < -0.4 is 9.80 Å². The molecule has 4 amide bonds. The molecular formula is C27H26N4O4. The Labute approximate surface area is 203 Å². The molecule has 4 aliphatic rings. The minimum absolute atomic E-state index is 0.184. The van der Waals surface area contributed by atoms with Crippen LogP contribution in [0.2, 0.25) is 0 Å². The minimum Gasteiger partial charge on any atom is -0.297 e. The Hall–Kier alpha value is -3.78. The zero-order chi connectivity index (χ0) is 24.4. The molecule has 178 valence electrons. The largest absolute Gasteiger partial charge is 0.297 e. The van der Waals surface area contributed by atoms with Gasteiger partial charge in [0, 0.05) is 19.8 Å². The van der Waals surface area contributed by atoms with E-state index in [1.165, 1.54) is 9.80 Å². The lowest BCUT2D eigenvalue weighted by atomic mass is 9.72. The summed E-state index contributed by atoms with van der Waals surface area (Å²) in [7, 11) is 3.69. The quantitative estimate of drug-likeness (QED) is 0.642. The number of para-hydroxylation sites is 2. The van der Waals surface area contributed by atoms with Gasteiger partial charge in [-0.3, -0.25) is 24.2 Å². The van der Waals surface area contributed by atoms with E-state index < -0.39 is 23.8 Å². The zero-order valence-corrected chi connectivity index (χ0v) is 19.6. The third-order valence-corrected chi connectivity index (χ3v) is 7.70. The van der Waals surface area contributed by atoms with Crippen LogP contribution in [0.4, 0.5) is 11.4 Å². The summed E-state index contributed by atoms with van der Waals surface area (Å²) in [6, 6.07) is 17.3. The molecule has 0 spiro atoms. The van der Waals surface area contributed by atoms with E-state index in [0.29, 0.717) is 30.6 Å². The molecule has 4 atom stereocenters. The normalized spacial score (nSPS) is 28.1. The lowest BCUT2D eigenvalue weighted by Crippen LogP contribution is -2.54. The molecule has 35 heavy (non-hydrogen) atoms. The van der Waals surface area contributed by atoms with Crippen molar-refractivity contribution in [2.24, 2.45) is 17.8 Å². The maximum absolute atomic E-state index is 13.7. The first-order valence-corrected chi connectivity index (χ1v) is 11.9. The van der Waals surface area contributed by atoms with Crippen LogP contribution in [0.5, 0.6) is 0 Å². The third kappa shape index (κ3) is 3.02. The van der Waals surface area contributed by atoms with Crippen molar-refractivity contribution >= 4 is 35.0 Å². The third-order valence-electron chi connectivity index (χ3n) is 7.70. The summed E-state index contributed by atoms with van der Waals surface area (Å²) in [5.74, 6) is -2.61. The molecule has 0 N–H and O–H groups in total. The molecule has 2 aromatic carbocycles. The van der Waals surface area contributed by atoms with Gasteiger partial charge < -0.3 is 0 Å². The van der Waals surface area contributed by atoms with Gasteiger partial charge in [-0.05, 0) is 49.1 Å². The number of nitrogens with zero attached hydrogens (tertiary/aromatic N) is 4. The van der Waals surface area contributed by atoms with Crippen molar-refractivity contribution in [3.8, 4) is 0 Å². The van der Waals surface area contributed by atoms with Crippen LogP contribution >= 0.6 is 0 Å². The fraction of sp³-hybridized carbons (Fsp3) is 0.333. The first-order valence-electron chi connectivity index (χ1n) is 11.9. The summed E-state index contributed by atoms with van der Waals surface area (Å²) < 4.78 is 0. The van der Waals surface area contributed by atoms with Crippen LogP contribution in [-0.2, 0) is 19.2 Å². The first kappa shape index (κ1) is 21.7. The number of amides is 4. The lowest BCUT2D eigenvalue weighted by Gasteiger charge is -2.46. The first-order chi connectivity index (χ1) is 16.9. The summed E-state index contributed by atoms with van der Waals surface area (Å²) >= 11 is 0. The van der Waals surface area contributed by atoms with Gasteiger partial charge in [-0.1, -0.05) is 36.4 Å². The van der Waals surface area contributed by atoms with Gasteiger partial charge in [0.2, 0.25) is 17.7 Å². The van der Waals surface area contributed by atoms with Crippen LogP contribution in [0.25, 0.3) is 0 Å². The van der Waals surface area contributed by atoms with Crippen molar-refractivity contribution in [1.29, 1.82) is 0 Å². The number of allylic oxidation sites excluding steroid dienone is 1. The Kier molecular flexibility index (Phi) is 4.89. The van der Waals surface area contributed by atoms with Crippen molar-refractivity contribution in [3.63, 3.8) is 0 Å². The van der Waals surface area contributed by atoms with Crippen molar-refractivity contribution in [3.05, 3.63) is 71.9 Å². The van der Waals surface area contributed by atoms with E-state index in [0.717, 1.165) is 11.3 Å². The second-order valence-electron chi connectivity index (χ2n) is 9.74. The molecule has 3 aliphatic heterocycles. The summed E-state index contributed by atoms with van der Waals surface area (Å²) in [5.41, 5.74) is 2.84. The Morgan fingerprint density at radius 2 is 1.26 bits per heavy atom. The number of imide groups is 2. The van der Waals surface area contributed by atoms with Crippen molar-refractivity contribution in [1.82, 2.24) is 10.0 Å². The van der Waals surface area contributed by atoms with Crippen LogP contribution in [0.1, 0.15) is 19.3 Å². The maximum atomic E-state index is 13.7. The van der Waals surface area contributed by atoms with E-state index in [-0.39, 0.29) is 23.6 Å². The number of rotatable bonds is 3. The van der Waals surface area contributed by atoms with Gasteiger partial charge in [0.05, 0.1) is 29.1 Å². The number of carbonyl (C=O) groups is 4. The average Bonchev–Trinajstić information content (AvgIpc) is 3.27. The second-order valence-corrected chi connectivity index (χ2v) is 9.74. The Morgan fingerprint density at radius 1 is 0.714 bits per heavy atom. The summed E-state index contributed by atoms with van der Waals surface area (Å²) in [6.07, 6.45) is 1.41. The van der Waals surface area contributed by atoms with E-state index in [1.807, 2.05) is 48.4 Å². The molecule has 0 radical (unpaired) electrons. The Morgan fingerprint density at radius 3 is 1.83 bits per heavy atom. The van der Waals surface area contributed by atoms with Crippen molar-refractivity contribution in [2.75, 3.05) is 23.9 Å². The standard InChI is InChI=1S/C27H26N4O4/c1-28(2)31-21-14-13-18-22(26(34)29(24(18)32)16-9-5-3-6-10-16)19(21)15-20-23(31)27(35)30(25(20)33)17-11-7-4-8-12-17/h3-12,18,20,22-23H,13-15H2,1-2H3/t18-,20-,22+,23+/m0/s1. The number of anilines is 2. The number of hydrogen-bond acceptors (Lipinski definition) is 6. The molecule has 0 bridgehead atoms. The molecule has 0 saturated carbocycles. The summed E-state index contributed by atoms with van der Waals surface area (Å²) in [4.78, 5) is 56.8. The number of carbonyl (C=O) groups excluding carboxylic acids is 4. The van der Waals surface area contributed by atoms with Crippen LogP contribution in [0.15, 0.2) is 71.9 Å². The fourth-order valence-electron chi connectivity index (χ4n) is 6.29. The molecule has 8 heteroatoms. The Balaban J connectivity index is 1.42. The van der Waals surface area contributed by atoms with Crippen molar-refractivity contribution < 1.29 is 19.2 Å². The van der Waals surface area contributed by atoms with Gasteiger partial charge in [0.15, 0.2) is 0 Å². The van der Waals surface area contributed by atoms with Crippen molar-refractivity contribution in [2.45, 2.75) is 25.3 Å². The molecule has 0 aromatic heterocycles. The summed E-state index contributed by atoms with van der Waals surface area (Å²) in [5, 5.41) is 3.73. The molecule has 2 aromatic rings. The Bertz CT molecular complexity index is 1270. The van der Waals surface area contributed by atoms with Gasteiger partial charge >= 0.3 is 0 Å². The van der Waals surface area contributed by atoms with E-state index in [1.54, 1.807) is 36.4 Å². The molecule has 6 rings (SSSR count). The van der Waals surface area contributed by atoms with Gasteiger partial charge in [0.1, 0.15) is 6.04 Å². The van der Waals surface area contributed by atoms with E-state index in [9.17, 15) is 19.2 Å². The van der Waals surface area contributed by atoms with Crippen LogP contribution in [0, 0.1) is 17.8 Å². The maximum Gasteiger partial charge on any atom is 0.258 e. The van der Waals surface area contributed by atoms with Gasteiger partial charge in [-0.2, -0.15) is 0 Å². The van der Waals surface area contributed by atoms with Crippen LogP contribution in [-0.4, -0.2) is 53.8 Å². The predicted molar refractivity (Wildman–Crippen MR) is 129 cm³/mol. The number of hydrogen-bond donors (Lipinski definition) is 0. The molecule has 2 saturated heterocycles. The zero-order valence-electron chi connectivity index (χ0n) is 19.6. The van der Waals surface area contributed by atoms with Gasteiger partial charge in [-0.25, -0.2) is 14.8 Å². The molecule has 2 fully saturated rings. The highest BCUT2D eigenvalue weighted by atomic mass is 16.2. The molecule has 1 aliphatic carbocycles. The second kappa shape index (κ2) is 7.88. The highest BCUT2D eigenvalue weighted by Crippen LogP contribution is 2.51. The van der Waals surface area contributed by atoms with E-state index in [4.69, 9.17) is 0 Å². The van der Waals surface area contributed by atoms with Gasteiger partial charge in [-0.15, -0.1) is 0 Å². The van der Waals surface area contributed by atoms with E-state index >= 15 is 0 Å². The average molecular weight is 471 g/mol. The number of benzene rings is 2. The van der Waals surface area contributed by atoms with Crippen LogP contribution in [0.3, 0.4) is 0 Å². The molecule has 0 unspecified atom stereocenters. The molecule has 8 nitrogen and oxygen atoms in total. The molecule has 3 heterocycles. The topological polar surface area (TPSA) is 81.2 Å². The SMILES string of the molecule is CN(C)N1C2=C(C[C@@H]3C(=O)N(c4ccccc4)C(=O)[C@@H]31)[C@@H]1C(=O)N(c3ccccc3)C(=O)[C@H]1CC2. The lowest BCUT2D eigenvalue weighted by molar-refractivity contribution is -0.130. The summed E-state index contributed by atoms with van der Waals surface area (Å²) in [6.45, 7) is 0. The number of hydrazine groups is 1. The smallest absolute Gasteiger partial charge is 0.258 e. The van der Waals surface area contributed by atoms with E-state index in [2.05, 4.69) is 0 Å². The number of fused-ring (bicyclic) bond motifs is 3. The highest BCUT2D eigenvalue weighted by molar-refractivity contribution is 6.25. The molecular weight excluding hydrogens is 444 g/mol. The highest BCUT2D eigenvalue weighted by Gasteiger charge is 2.60. The minimum atomic E-state index is -0.662. The predicted octanol–water partition coefficient (Wildman–Crippen LogP) is 2.58. The van der Waals surface area contributed by atoms with Gasteiger partial charge in [0.25, 0.3) is 5.91 Å². The monoisotopic (exact) mass is 470 g/mol.